The third-order valence-electron chi connectivity index (χ3n) is 15.0. The van der Waals surface area contributed by atoms with Crippen molar-refractivity contribution in [1.82, 2.24) is 62.1 Å². The van der Waals surface area contributed by atoms with Crippen molar-refractivity contribution in [3.05, 3.63) is 117 Å². The fraction of sp³-hybridized carbons (Fsp3) is 0.492. The molecule has 0 radical (unpaired) electrons. The van der Waals surface area contributed by atoms with Gasteiger partial charge in [-0.05, 0) is 55.0 Å². The number of carbonyl (C=O) groups is 8. The summed E-state index contributed by atoms with van der Waals surface area (Å²) in [5.41, 5.74) is 4.32. The van der Waals surface area contributed by atoms with Crippen molar-refractivity contribution >= 4 is 47.3 Å². The average Bonchev–Trinajstić information content (AvgIpc) is 2.46. The third-order valence-corrected chi connectivity index (χ3v) is 15.0. The molecule has 14 N–H and O–H groups in total. The SMILES string of the molecule is CCCOCCOCCN1CCNC(=O)c2cccc(c2O)C(=O)NCCN(CCN2CCNC(=O)c3cccc(c3O)C(=O)NCCN(CCOCCOCCN)CCNC(=O)c3cccc(c3O)C(=O)NCC2)CCNC(=O)c2cccc(c2O)C(=O)NCC1. The molecular formula is C63H89N13O16. The van der Waals surface area contributed by atoms with E-state index in [4.69, 9.17) is 24.7 Å². The highest BCUT2D eigenvalue weighted by Gasteiger charge is 2.25. The maximum Gasteiger partial charge on any atom is 0.255 e. The molecule has 0 unspecified atom stereocenters. The number of amides is 8. The molecule has 29 nitrogen and oxygen atoms in total. The molecule has 0 saturated carbocycles. The van der Waals surface area contributed by atoms with Crippen LogP contribution in [0.3, 0.4) is 0 Å². The monoisotopic (exact) mass is 1280 g/mol. The van der Waals surface area contributed by atoms with Crippen molar-refractivity contribution in [2.24, 2.45) is 5.73 Å². The highest BCUT2D eigenvalue weighted by molar-refractivity contribution is 6.06. The summed E-state index contributed by atoms with van der Waals surface area (Å²) in [5, 5.41) is 67.6. The normalized spacial score (nSPS) is 17.1. The summed E-state index contributed by atoms with van der Waals surface area (Å²) in [6, 6.07) is 17.0. The molecule has 0 saturated heterocycles. The summed E-state index contributed by atoms with van der Waals surface area (Å²) in [6.07, 6.45) is 0.878. The number of hydrogen-bond donors (Lipinski definition) is 13. The predicted molar refractivity (Wildman–Crippen MR) is 339 cm³/mol. The second-order valence-corrected chi connectivity index (χ2v) is 21.5. The van der Waals surface area contributed by atoms with Gasteiger partial charge in [-0.2, -0.15) is 0 Å². The number of nitrogens with one attached hydrogen (secondary N) is 8. The number of para-hydroxylation sites is 4. The van der Waals surface area contributed by atoms with E-state index in [0.717, 1.165) is 6.42 Å². The lowest BCUT2D eigenvalue weighted by atomic mass is 10.1. The number of nitrogens with two attached hydrogens (primary N) is 1. The highest BCUT2D eigenvalue weighted by Crippen LogP contribution is 2.26. The Morgan fingerprint density at radius 1 is 0.315 bits per heavy atom. The molecular weight excluding hydrogens is 1190 g/mol. The minimum atomic E-state index is -0.679. The number of rotatable bonds is 19. The number of nitrogens with zero attached hydrogens (tertiary/aromatic N) is 4. The molecule has 92 heavy (non-hydrogen) atoms. The van der Waals surface area contributed by atoms with Gasteiger partial charge in [0.25, 0.3) is 47.3 Å². The number of benzene rings is 4. The summed E-state index contributed by atoms with van der Waals surface area (Å²) >= 11 is 0. The molecule has 8 bridgehead atoms. The highest BCUT2D eigenvalue weighted by atomic mass is 16.5. The molecule has 0 aromatic heterocycles. The van der Waals surface area contributed by atoms with Gasteiger partial charge in [0, 0.05) is 144 Å². The van der Waals surface area contributed by atoms with Crippen molar-refractivity contribution < 1.29 is 77.7 Å². The van der Waals surface area contributed by atoms with Crippen LogP contribution in [0, 0.1) is 0 Å². The van der Waals surface area contributed by atoms with E-state index >= 15 is 0 Å². The van der Waals surface area contributed by atoms with Gasteiger partial charge >= 0.3 is 0 Å². The van der Waals surface area contributed by atoms with Crippen molar-refractivity contribution in [3.8, 4) is 23.0 Å². The molecule has 4 aromatic rings. The zero-order valence-electron chi connectivity index (χ0n) is 52.2. The first-order valence-electron chi connectivity index (χ1n) is 31.1. The summed E-state index contributed by atoms with van der Waals surface area (Å²) in [4.78, 5) is 117. The summed E-state index contributed by atoms with van der Waals surface area (Å²) < 4.78 is 22.3. The van der Waals surface area contributed by atoms with Crippen LogP contribution in [0.4, 0.5) is 0 Å². The second-order valence-electron chi connectivity index (χ2n) is 21.5. The van der Waals surface area contributed by atoms with E-state index in [0.29, 0.717) is 85.6 Å². The number of carbonyl (C=O) groups excluding carboxylic acids is 8. The van der Waals surface area contributed by atoms with Crippen molar-refractivity contribution in [3.63, 3.8) is 0 Å². The maximum absolute atomic E-state index is 13.7. The number of ether oxygens (including phenoxy) is 4. The van der Waals surface area contributed by atoms with Crippen LogP contribution in [0.1, 0.15) is 96.2 Å². The van der Waals surface area contributed by atoms with Crippen molar-refractivity contribution in [2.45, 2.75) is 13.3 Å². The van der Waals surface area contributed by atoms with Crippen molar-refractivity contribution in [1.29, 1.82) is 0 Å². The third kappa shape index (κ3) is 23.3. The Morgan fingerprint density at radius 2 is 0.511 bits per heavy atom. The zero-order chi connectivity index (χ0) is 66.0. The van der Waals surface area contributed by atoms with Gasteiger partial charge in [-0.3, -0.25) is 58.0 Å². The largest absolute Gasteiger partial charge is 0.506 e. The standard InChI is InChI=1S/C63H89N13O16/c1-2-36-89-40-42-91-38-34-75-28-20-69-60(85)48-11-3-7-44(52(48)77)56(81)65-16-24-73(25-17-66-57(82)45-8-4-12-49(53(45)78)61(86)70-21-29-75)32-33-74-26-18-67-58(83)46-9-5-13-50(54(46)79)62(87)71-22-30-76(35-39-92-43-41-90-37-15-64)31-23-72-63(88)51-14-6-10-47(55(51)80)59(84)68-19-27-74/h3-14,77-80H,2,15-43,64H2,1H3,(H,65,81)(H,66,82)(H,67,83)(H,68,84)(H,69,85)(H,70,86)(H,71,87)(H,72,88). The predicted octanol–water partition coefficient (Wildman–Crippen LogP) is -0.882. The van der Waals surface area contributed by atoms with E-state index in [2.05, 4.69) is 42.5 Å². The van der Waals surface area contributed by atoms with Crippen LogP contribution in [-0.4, -0.2) is 278 Å². The fourth-order valence-corrected chi connectivity index (χ4v) is 9.91. The molecule has 2 heterocycles. The molecule has 0 aliphatic carbocycles. The van der Waals surface area contributed by atoms with E-state index < -0.39 is 70.3 Å². The minimum Gasteiger partial charge on any atom is -0.506 e. The lowest BCUT2D eigenvalue weighted by Crippen LogP contribution is -2.46. The van der Waals surface area contributed by atoms with Crippen LogP contribution in [0.2, 0.25) is 0 Å². The van der Waals surface area contributed by atoms with Gasteiger partial charge in [-0.1, -0.05) is 31.2 Å². The zero-order valence-corrected chi connectivity index (χ0v) is 52.2. The molecule has 29 heteroatoms. The molecule has 0 spiro atoms. The number of phenols is 4. The molecule has 0 atom stereocenters. The quantitative estimate of drug-likeness (QED) is 0.0507. The number of fused-ring (bicyclic) bond motifs is 8. The van der Waals surface area contributed by atoms with E-state index in [1.165, 1.54) is 72.8 Å². The minimum absolute atomic E-state index is 0.0000918. The van der Waals surface area contributed by atoms with Crippen LogP contribution in [0.15, 0.2) is 72.8 Å². The van der Waals surface area contributed by atoms with E-state index in [1.54, 1.807) is 0 Å². The van der Waals surface area contributed by atoms with Gasteiger partial charge in [-0.25, -0.2) is 0 Å². The first-order valence-corrected chi connectivity index (χ1v) is 31.1. The first-order chi connectivity index (χ1) is 44.6. The smallest absolute Gasteiger partial charge is 0.255 e. The van der Waals surface area contributed by atoms with Crippen LogP contribution in [0.25, 0.3) is 0 Å². The first kappa shape index (κ1) is 72.5. The number of aromatic hydroxyl groups is 4. The molecule has 0 fully saturated rings. The van der Waals surface area contributed by atoms with Crippen LogP contribution in [0.5, 0.6) is 23.0 Å². The summed E-state index contributed by atoms with van der Waals surface area (Å²) in [7, 11) is 0. The van der Waals surface area contributed by atoms with Crippen LogP contribution < -0.4 is 48.3 Å². The topological polar surface area (TPSA) is 390 Å². The van der Waals surface area contributed by atoms with E-state index in [-0.39, 0.29) is 149 Å². The molecule has 8 amide bonds. The molecule has 502 valence electrons. The number of phenolic OH excluding ortho intramolecular Hbond substituents is 4. The lowest BCUT2D eigenvalue weighted by Gasteiger charge is -2.28. The number of hydrogen-bond acceptors (Lipinski definition) is 21. The lowest BCUT2D eigenvalue weighted by molar-refractivity contribution is 0.0389. The van der Waals surface area contributed by atoms with E-state index in [1.807, 2.05) is 26.5 Å². The van der Waals surface area contributed by atoms with Crippen molar-refractivity contribution in [2.75, 3.05) is 190 Å². The second kappa shape index (κ2) is 39.7. The Kier molecular flexibility index (Phi) is 31.3. The molecule has 2 aliphatic rings. The van der Waals surface area contributed by atoms with Crippen LogP contribution >= 0.6 is 0 Å². The van der Waals surface area contributed by atoms with Crippen LogP contribution in [-0.2, 0) is 18.9 Å². The maximum atomic E-state index is 13.7. The Bertz CT molecular complexity index is 2700. The molecule has 4 aromatic carbocycles. The van der Waals surface area contributed by atoms with Gasteiger partial charge < -0.3 is 87.6 Å². The summed E-state index contributed by atoms with van der Waals surface area (Å²) in [6.45, 7) is 9.02. The van der Waals surface area contributed by atoms with Gasteiger partial charge in [0.1, 0.15) is 23.0 Å². The van der Waals surface area contributed by atoms with Gasteiger partial charge in [0.15, 0.2) is 0 Å². The summed E-state index contributed by atoms with van der Waals surface area (Å²) in [5.74, 6) is -7.38. The fourth-order valence-electron chi connectivity index (χ4n) is 9.91. The molecule has 2 aliphatic heterocycles. The Balaban J connectivity index is 1.18. The van der Waals surface area contributed by atoms with E-state index in [9.17, 15) is 58.8 Å². The molecule has 6 rings (SSSR count). The van der Waals surface area contributed by atoms with Gasteiger partial charge in [0.2, 0.25) is 0 Å². The Labute approximate surface area is 535 Å². The van der Waals surface area contributed by atoms with Gasteiger partial charge in [-0.15, -0.1) is 0 Å². The average molecular weight is 1280 g/mol. The van der Waals surface area contributed by atoms with Gasteiger partial charge in [0.05, 0.1) is 90.8 Å². The Hall–Kier alpha value is -8.52. The Morgan fingerprint density at radius 3 is 0.717 bits per heavy atom.